The molecule has 0 amide bonds. The molecule has 2 nitrogen and oxygen atoms in total. The van der Waals surface area contributed by atoms with Gasteiger partial charge in [-0.25, -0.2) is 0 Å². The first-order valence-corrected chi connectivity index (χ1v) is 8.65. The van der Waals surface area contributed by atoms with Gasteiger partial charge < -0.3 is 10.1 Å². The van der Waals surface area contributed by atoms with E-state index in [1.54, 1.807) is 0 Å². The van der Waals surface area contributed by atoms with Crippen LogP contribution in [0.2, 0.25) is 0 Å². The van der Waals surface area contributed by atoms with Gasteiger partial charge in [-0.15, -0.1) is 0 Å². The third kappa shape index (κ3) is 3.00. The summed E-state index contributed by atoms with van der Waals surface area (Å²) >= 11 is 0. The molecule has 3 rings (SSSR count). The Morgan fingerprint density at radius 3 is 2.37 bits per heavy atom. The van der Waals surface area contributed by atoms with Crippen LogP contribution in [-0.2, 0) is 4.74 Å². The van der Waals surface area contributed by atoms with Gasteiger partial charge in [-0.05, 0) is 50.4 Å². The third-order valence-corrected chi connectivity index (χ3v) is 6.14. The van der Waals surface area contributed by atoms with Gasteiger partial charge in [-0.2, -0.15) is 0 Å². The fourth-order valence-corrected chi connectivity index (χ4v) is 4.71. The first-order chi connectivity index (χ1) is 9.26. The molecule has 1 unspecified atom stereocenters. The summed E-state index contributed by atoms with van der Waals surface area (Å²) < 4.78 is 6.38. The Balaban J connectivity index is 1.41. The van der Waals surface area contributed by atoms with Gasteiger partial charge in [0, 0.05) is 13.1 Å². The van der Waals surface area contributed by atoms with Gasteiger partial charge in [0.05, 0.1) is 11.7 Å². The molecule has 2 aliphatic carbocycles. The highest BCUT2D eigenvalue weighted by Crippen LogP contribution is 2.43. The van der Waals surface area contributed by atoms with E-state index in [9.17, 15) is 0 Å². The molecule has 19 heavy (non-hydrogen) atoms. The SMILES string of the molecule is CCC1(CNCC2CCC3(CCCC3)O2)CCCC1. The van der Waals surface area contributed by atoms with Gasteiger partial charge in [0.15, 0.2) is 0 Å². The summed E-state index contributed by atoms with van der Waals surface area (Å²) in [5, 5.41) is 3.74. The molecule has 1 N–H and O–H groups in total. The highest BCUT2D eigenvalue weighted by atomic mass is 16.5. The summed E-state index contributed by atoms with van der Waals surface area (Å²) in [6, 6.07) is 0. The van der Waals surface area contributed by atoms with Crippen molar-refractivity contribution in [2.24, 2.45) is 5.41 Å². The smallest absolute Gasteiger partial charge is 0.0708 e. The van der Waals surface area contributed by atoms with E-state index >= 15 is 0 Å². The molecule has 0 aromatic rings. The van der Waals surface area contributed by atoms with Crippen molar-refractivity contribution in [2.75, 3.05) is 13.1 Å². The first kappa shape index (κ1) is 13.9. The van der Waals surface area contributed by atoms with Gasteiger partial charge in [0.2, 0.25) is 0 Å². The molecule has 1 aliphatic heterocycles. The van der Waals surface area contributed by atoms with Crippen LogP contribution in [0.25, 0.3) is 0 Å². The molecule has 110 valence electrons. The maximum atomic E-state index is 6.38. The Hall–Kier alpha value is -0.0800. The second kappa shape index (κ2) is 5.73. The molecule has 0 bridgehead atoms. The van der Waals surface area contributed by atoms with Crippen molar-refractivity contribution in [3.05, 3.63) is 0 Å². The predicted molar refractivity (Wildman–Crippen MR) is 79.4 cm³/mol. The topological polar surface area (TPSA) is 21.3 Å². The highest BCUT2D eigenvalue weighted by Gasteiger charge is 2.42. The number of ether oxygens (including phenoxy) is 1. The van der Waals surface area contributed by atoms with Crippen molar-refractivity contribution in [3.63, 3.8) is 0 Å². The van der Waals surface area contributed by atoms with E-state index in [1.165, 1.54) is 77.2 Å². The van der Waals surface area contributed by atoms with Crippen LogP contribution in [0, 0.1) is 5.41 Å². The van der Waals surface area contributed by atoms with Gasteiger partial charge in [0.25, 0.3) is 0 Å². The summed E-state index contributed by atoms with van der Waals surface area (Å²) in [5.74, 6) is 0. The zero-order valence-electron chi connectivity index (χ0n) is 12.7. The Morgan fingerprint density at radius 2 is 1.68 bits per heavy atom. The first-order valence-electron chi connectivity index (χ1n) is 8.65. The van der Waals surface area contributed by atoms with E-state index in [1.807, 2.05) is 0 Å². The van der Waals surface area contributed by atoms with Gasteiger partial charge in [0.1, 0.15) is 0 Å². The molecule has 0 radical (unpaired) electrons. The van der Waals surface area contributed by atoms with Crippen LogP contribution < -0.4 is 5.32 Å². The summed E-state index contributed by atoms with van der Waals surface area (Å²) in [7, 11) is 0. The molecule has 3 fully saturated rings. The Kier molecular flexibility index (Phi) is 4.19. The maximum absolute atomic E-state index is 6.38. The number of rotatable bonds is 5. The molecular formula is C17H31NO. The molecule has 0 aromatic carbocycles. The number of hydrogen-bond acceptors (Lipinski definition) is 2. The fourth-order valence-electron chi connectivity index (χ4n) is 4.71. The van der Waals surface area contributed by atoms with Crippen molar-refractivity contribution in [3.8, 4) is 0 Å². The standard InChI is InChI=1S/C17H31NO/c1-2-16(8-3-4-9-16)14-18-13-15-7-12-17(19-15)10-5-6-11-17/h15,18H,2-14H2,1H3. The van der Waals surface area contributed by atoms with Crippen molar-refractivity contribution >= 4 is 0 Å². The zero-order valence-corrected chi connectivity index (χ0v) is 12.7. The van der Waals surface area contributed by atoms with E-state index in [2.05, 4.69) is 12.2 Å². The highest BCUT2D eigenvalue weighted by molar-refractivity contribution is 4.93. The molecule has 3 aliphatic rings. The van der Waals surface area contributed by atoms with Gasteiger partial charge in [-0.1, -0.05) is 32.6 Å². The second-order valence-electron chi connectivity index (χ2n) is 7.36. The molecule has 1 saturated heterocycles. The van der Waals surface area contributed by atoms with Crippen molar-refractivity contribution in [2.45, 2.75) is 89.3 Å². The van der Waals surface area contributed by atoms with Crippen LogP contribution >= 0.6 is 0 Å². The molecule has 2 saturated carbocycles. The lowest BCUT2D eigenvalue weighted by atomic mass is 9.83. The van der Waals surface area contributed by atoms with Crippen molar-refractivity contribution < 1.29 is 4.74 Å². The van der Waals surface area contributed by atoms with Crippen LogP contribution in [0.1, 0.15) is 77.6 Å². The number of nitrogens with one attached hydrogen (secondary N) is 1. The lowest BCUT2D eigenvalue weighted by molar-refractivity contribution is -0.0357. The van der Waals surface area contributed by atoms with Crippen LogP contribution in [0.5, 0.6) is 0 Å². The second-order valence-corrected chi connectivity index (χ2v) is 7.36. The minimum atomic E-state index is 0.308. The lowest BCUT2D eigenvalue weighted by Gasteiger charge is -2.29. The Bertz CT molecular complexity index is 290. The normalized spacial score (nSPS) is 32.4. The molecule has 2 heteroatoms. The third-order valence-electron chi connectivity index (χ3n) is 6.14. The molecule has 1 heterocycles. The predicted octanol–water partition coefficient (Wildman–Crippen LogP) is 4.04. The Morgan fingerprint density at radius 1 is 1.00 bits per heavy atom. The summed E-state index contributed by atoms with van der Waals surface area (Å²) in [4.78, 5) is 0. The fraction of sp³-hybridized carbons (Fsp3) is 1.00. The van der Waals surface area contributed by atoms with Gasteiger partial charge in [-0.3, -0.25) is 0 Å². The van der Waals surface area contributed by atoms with Crippen LogP contribution in [0.3, 0.4) is 0 Å². The molecule has 1 atom stereocenters. The van der Waals surface area contributed by atoms with Crippen molar-refractivity contribution in [1.29, 1.82) is 0 Å². The van der Waals surface area contributed by atoms with E-state index in [4.69, 9.17) is 4.74 Å². The van der Waals surface area contributed by atoms with Crippen LogP contribution in [0.15, 0.2) is 0 Å². The monoisotopic (exact) mass is 265 g/mol. The van der Waals surface area contributed by atoms with Crippen LogP contribution in [0.4, 0.5) is 0 Å². The number of hydrogen-bond donors (Lipinski definition) is 1. The zero-order chi connectivity index (χ0) is 13.2. The van der Waals surface area contributed by atoms with Crippen LogP contribution in [-0.4, -0.2) is 24.8 Å². The summed E-state index contributed by atoms with van der Waals surface area (Å²) in [5.41, 5.74) is 0.922. The van der Waals surface area contributed by atoms with E-state index in [0.717, 1.165) is 6.54 Å². The molecule has 0 aromatic heterocycles. The Labute approximate surface area is 118 Å². The minimum absolute atomic E-state index is 0.308. The molecule has 1 spiro atoms. The summed E-state index contributed by atoms with van der Waals surface area (Å²) in [6.07, 6.45) is 15.6. The van der Waals surface area contributed by atoms with E-state index in [-0.39, 0.29) is 0 Å². The largest absolute Gasteiger partial charge is 0.370 e. The quantitative estimate of drug-likeness (QED) is 0.810. The maximum Gasteiger partial charge on any atom is 0.0708 e. The average Bonchev–Trinajstić information content (AvgIpc) is 3.14. The van der Waals surface area contributed by atoms with E-state index < -0.39 is 0 Å². The lowest BCUT2D eigenvalue weighted by Crippen LogP contribution is -2.37. The summed E-state index contributed by atoms with van der Waals surface area (Å²) in [6.45, 7) is 4.67. The molecular weight excluding hydrogens is 234 g/mol. The van der Waals surface area contributed by atoms with Crippen molar-refractivity contribution in [1.82, 2.24) is 5.32 Å². The van der Waals surface area contributed by atoms with Gasteiger partial charge >= 0.3 is 0 Å². The average molecular weight is 265 g/mol. The van der Waals surface area contributed by atoms with E-state index in [0.29, 0.717) is 17.1 Å². The minimum Gasteiger partial charge on any atom is -0.370 e.